The Morgan fingerprint density at radius 2 is 0.638 bits per heavy atom. The van der Waals surface area contributed by atoms with Gasteiger partial charge in [0.05, 0.1) is 0 Å². The van der Waals surface area contributed by atoms with Gasteiger partial charge in [0.25, 0.3) is 0 Å². The summed E-state index contributed by atoms with van der Waals surface area (Å²) in [5.74, 6) is 0. The average molecular weight is 808 g/mol. The second-order valence-corrected chi connectivity index (χ2v) is 17.8. The first-order chi connectivity index (χ1) is 27.2. The van der Waals surface area contributed by atoms with Crippen molar-refractivity contribution in [3.05, 3.63) is 178 Å². The van der Waals surface area contributed by atoms with Crippen LogP contribution in [0, 0.1) is 0 Å². The van der Waals surface area contributed by atoms with Crippen molar-refractivity contribution in [3.63, 3.8) is 0 Å². The van der Waals surface area contributed by atoms with Crippen molar-refractivity contribution in [3.8, 4) is 0 Å². The van der Waals surface area contributed by atoms with E-state index in [9.17, 15) is 0 Å². The fourth-order valence-electron chi connectivity index (χ4n) is 6.67. The number of para-hydroxylation sites is 6. The van der Waals surface area contributed by atoms with Gasteiger partial charge in [0.2, 0.25) is 0 Å². The summed E-state index contributed by atoms with van der Waals surface area (Å²) in [5, 5.41) is 15.7. The van der Waals surface area contributed by atoms with E-state index in [1.807, 2.05) is 18.2 Å². The third-order valence-corrected chi connectivity index (χ3v) is 10.1. The van der Waals surface area contributed by atoms with Crippen molar-refractivity contribution in [2.24, 2.45) is 0 Å². The van der Waals surface area contributed by atoms with Crippen LogP contribution in [0.15, 0.2) is 146 Å². The number of ether oxygens (including phenoxy) is 1. The third kappa shape index (κ3) is 11.6. The van der Waals surface area contributed by atoms with E-state index in [1.54, 1.807) is 0 Å². The topological polar surface area (TPSA) is 54.8 Å². The second-order valence-electron chi connectivity index (χ2n) is 17.8. The molecule has 0 atom stereocenters. The Labute approximate surface area is 359 Å². The number of hydrogen-bond acceptors (Lipinski definition) is 2. The maximum atomic E-state index is 5.23. The summed E-state index contributed by atoms with van der Waals surface area (Å²) >= 11 is 0. The van der Waals surface area contributed by atoms with Crippen LogP contribution in [0.3, 0.4) is 0 Å². The molecule has 0 amide bonds. The minimum absolute atomic E-state index is 0. The fourth-order valence-corrected chi connectivity index (χ4v) is 6.67. The standard InChI is InChI=1S/C48H51N4.C4H8O.Cr/c1-46(2,3)34-22-28-37(29-23-34)49-40-16-10-13-19-43(40)52(44-20-14-11-17-41(44)50-38-30-24-35(25-31-38)47(4,5)6)45-21-15-12-18-42(45)51-39-32-26-36(27-33-39)48(7,8)9;1-2-4-5-3-1;/h10-33H,1-9H3;1-4H2;/q-3;;+4. The van der Waals surface area contributed by atoms with E-state index in [0.717, 1.165) is 64.4 Å². The first-order valence-corrected chi connectivity index (χ1v) is 20.3. The molecule has 58 heavy (non-hydrogen) atoms. The molecule has 5 nitrogen and oxygen atoms in total. The van der Waals surface area contributed by atoms with Gasteiger partial charge in [-0.25, -0.2) is 0 Å². The molecular weight excluding hydrogens is 749 g/mol. The van der Waals surface area contributed by atoms with Gasteiger partial charge in [0, 0.05) is 30.3 Å². The summed E-state index contributed by atoms with van der Waals surface area (Å²) in [7, 11) is 0. The smallest absolute Gasteiger partial charge is 0.656 e. The van der Waals surface area contributed by atoms with Crippen molar-refractivity contribution in [2.45, 2.75) is 91.4 Å². The van der Waals surface area contributed by atoms with Gasteiger partial charge in [0.1, 0.15) is 0 Å². The van der Waals surface area contributed by atoms with Gasteiger partial charge in [0.15, 0.2) is 0 Å². The summed E-state index contributed by atoms with van der Waals surface area (Å²) in [4.78, 5) is 2.26. The minimum atomic E-state index is 0. The van der Waals surface area contributed by atoms with Crippen LogP contribution in [0.1, 0.15) is 91.8 Å². The van der Waals surface area contributed by atoms with Gasteiger partial charge >= 0.3 is 17.4 Å². The Morgan fingerprint density at radius 3 is 0.862 bits per heavy atom. The van der Waals surface area contributed by atoms with E-state index in [2.05, 4.69) is 195 Å². The minimum Gasteiger partial charge on any atom is -0.656 e. The van der Waals surface area contributed by atoms with Gasteiger partial charge in [-0.2, -0.15) is 0 Å². The average Bonchev–Trinajstić information content (AvgIpc) is 3.78. The Kier molecular flexibility index (Phi) is 14.6. The second kappa shape index (κ2) is 19.2. The molecule has 6 aromatic carbocycles. The molecule has 1 fully saturated rings. The zero-order chi connectivity index (χ0) is 40.6. The van der Waals surface area contributed by atoms with Crippen molar-refractivity contribution in [1.29, 1.82) is 0 Å². The molecule has 298 valence electrons. The summed E-state index contributed by atoms with van der Waals surface area (Å²) < 4.78 is 4.94. The summed E-state index contributed by atoms with van der Waals surface area (Å²) in [6.07, 6.45) is 2.56. The van der Waals surface area contributed by atoms with Crippen molar-refractivity contribution in [2.75, 3.05) is 18.1 Å². The molecule has 0 aromatic heterocycles. The molecule has 0 bridgehead atoms. The molecule has 6 heteroatoms. The number of benzene rings is 6. The molecule has 0 radical (unpaired) electrons. The van der Waals surface area contributed by atoms with E-state index in [-0.39, 0.29) is 33.6 Å². The summed E-state index contributed by atoms with van der Waals surface area (Å²) in [6.45, 7) is 22.1. The first-order valence-electron chi connectivity index (χ1n) is 20.3. The molecule has 1 heterocycles. The van der Waals surface area contributed by atoms with E-state index < -0.39 is 0 Å². The largest absolute Gasteiger partial charge is 4.00 e. The number of hydrogen-bond donors (Lipinski definition) is 0. The van der Waals surface area contributed by atoms with Crippen molar-refractivity contribution in [1.82, 2.24) is 0 Å². The Morgan fingerprint density at radius 1 is 0.379 bits per heavy atom. The molecule has 0 spiro atoms. The molecule has 1 aliphatic rings. The Balaban J connectivity index is 0.000000991. The number of rotatable bonds is 9. The summed E-state index contributed by atoms with van der Waals surface area (Å²) in [5.41, 5.74) is 12.0. The van der Waals surface area contributed by atoms with Crippen LogP contribution in [-0.2, 0) is 38.3 Å². The summed E-state index contributed by atoms with van der Waals surface area (Å²) in [6, 6.07) is 50.7. The molecule has 7 rings (SSSR count). The number of nitrogens with zero attached hydrogens (tertiary/aromatic N) is 4. The van der Waals surface area contributed by atoms with E-state index in [0.29, 0.717) is 0 Å². The maximum Gasteiger partial charge on any atom is 4.00 e. The zero-order valence-electron chi connectivity index (χ0n) is 35.8. The van der Waals surface area contributed by atoms with Gasteiger partial charge in [-0.1, -0.05) is 190 Å². The van der Waals surface area contributed by atoms with Crippen LogP contribution in [-0.4, -0.2) is 13.2 Å². The van der Waals surface area contributed by atoms with Gasteiger partial charge in [-0.3, -0.25) is 0 Å². The van der Waals surface area contributed by atoms with Crippen LogP contribution in [0.25, 0.3) is 16.0 Å². The monoisotopic (exact) mass is 807 g/mol. The van der Waals surface area contributed by atoms with Crippen molar-refractivity contribution < 1.29 is 22.1 Å². The molecule has 0 N–H and O–H groups in total. The number of anilines is 3. The molecule has 0 saturated carbocycles. The van der Waals surface area contributed by atoms with Crippen LogP contribution in [0.5, 0.6) is 0 Å². The molecule has 0 unspecified atom stereocenters. The maximum absolute atomic E-state index is 5.23. The molecule has 0 aliphatic carbocycles. The zero-order valence-corrected chi connectivity index (χ0v) is 37.1. The van der Waals surface area contributed by atoms with Crippen molar-refractivity contribution >= 4 is 51.2 Å². The van der Waals surface area contributed by atoms with Gasteiger partial charge < -0.3 is 25.6 Å². The quantitative estimate of drug-likeness (QED) is 0.146. The van der Waals surface area contributed by atoms with Gasteiger partial charge in [-0.05, 0) is 64.0 Å². The van der Waals surface area contributed by atoms with Crippen LogP contribution in [0.4, 0.5) is 51.2 Å². The van der Waals surface area contributed by atoms with E-state index >= 15 is 0 Å². The molecule has 1 saturated heterocycles. The fraction of sp³-hybridized carbons (Fsp3) is 0.308. The molecular formula is C52H59CrN4O+. The van der Waals surface area contributed by atoms with E-state index in [4.69, 9.17) is 20.7 Å². The van der Waals surface area contributed by atoms with Crippen LogP contribution < -0.4 is 4.90 Å². The molecule has 6 aromatic rings. The third-order valence-electron chi connectivity index (χ3n) is 10.1. The SMILES string of the molecule is C1CCOC1.CC(C)(C)c1ccc([N-]c2ccccc2N(c2ccccc2[N-]c2ccc(C(C)(C)C)cc2)c2ccccc2[N-]c2ccc(C(C)(C)C)cc2)cc1.[Cr+4]. The van der Waals surface area contributed by atoms with Gasteiger partial charge in [-0.15, -0.1) is 34.1 Å². The normalized spacial score (nSPS) is 12.8. The predicted octanol–water partition coefficient (Wildman–Crippen LogP) is 16.9. The van der Waals surface area contributed by atoms with E-state index in [1.165, 1.54) is 29.5 Å². The molecule has 1 aliphatic heterocycles. The Bertz CT molecular complexity index is 1940. The van der Waals surface area contributed by atoms with Crippen LogP contribution >= 0.6 is 0 Å². The predicted molar refractivity (Wildman–Crippen MR) is 245 cm³/mol. The van der Waals surface area contributed by atoms with Crippen LogP contribution in [0.2, 0.25) is 0 Å². The first kappa shape index (κ1) is 44.1. The Hall–Kier alpha value is -4.99.